The van der Waals surface area contributed by atoms with Gasteiger partial charge in [0.05, 0.1) is 34.8 Å². The molecule has 0 spiro atoms. The van der Waals surface area contributed by atoms with E-state index in [1.807, 2.05) is 6.07 Å². The number of ether oxygens (including phenoxy) is 1. The predicted molar refractivity (Wildman–Crippen MR) is 102 cm³/mol. The summed E-state index contributed by atoms with van der Waals surface area (Å²) in [7, 11) is 1.72. The molecular weight excluding hydrogens is 344 g/mol. The third kappa shape index (κ3) is 3.20. The van der Waals surface area contributed by atoms with Crippen molar-refractivity contribution in [2.75, 3.05) is 25.1 Å². The van der Waals surface area contributed by atoms with E-state index in [1.54, 1.807) is 13.3 Å². The van der Waals surface area contributed by atoms with Crippen LogP contribution in [0.4, 0.5) is 5.69 Å². The summed E-state index contributed by atoms with van der Waals surface area (Å²) in [6.07, 6.45) is 4.62. The minimum absolute atomic E-state index is 0.113. The van der Waals surface area contributed by atoms with Crippen molar-refractivity contribution in [2.45, 2.75) is 44.3 Å². The van der Waals surface area contributed by atoms with Crippen molar-refractivity contribution in [1.29, 1.82) is 5.26 Å². The number of fused-ring (bicyclic) bond motifs is 1. The zero-order valence-electron chi connectivity index (χ0n) is 15.7. The Balaban J connectivity index is 1.82. The summed E-state index contributed by atoms with van der Waals surface area (Å²) < 4.78 is 5.61. The lowest BCUT2D eigenvalue weighted by molar-refractivity contribution is -0.0132. The number of anilines is 1. The molecule has 1 saturated heterocycles. The van der Waals surface area contributed by atoms with E-state index in [0.717, 1.165) is 31.1 Å². The summed E-state index contributed by atoms with van der Waals surface area (Å²) in [5, 5.41) is 20.9. The maximum atomic E-state index is 12.4. The SMILES string of the molecule is COC1(C)CCN(c2c(C#N)c(=O)[nH]c3cnc(C(O)C4CC4)cc23)CC1. The topological polar surface area (TPSA) is 102 Å². The van der Waals surface area contributed by atoms with E-state index in [-0.39, 0.29) is 17.1 Å². The maximum Gasteiger partial charge on any atom is 0.268 e. The summed E-state index contributed by atoms with van der Waals surface area (Å²) in [4.78, 5) is 21.6. The van der Waals surface area contributed by atoms with E-state index in [9.17, 15) is 15.2 Å². The maximum absolute atomic E-state index is 12.4. The molecule has 7 nitrogen and oxygen atoms in total. The number of nitrogens with zero attached hydrogens (tertiary/aromatic N) is 3. The molecule has 0 aromatic carbocycles. The van der Waals surface area contributed by atoms with Crippen LogP contribution < -0.4 is 10.5 Å². The van der Waals surface area contributed by atoms with Crippen LogP contribution >= 0.6 is 0 Å². The number of pyridine rings is 2. The molecule has 142 valence electrons. The summed E-state index contributed by atoms with van der Waals surface area (Å²) >= 11 is 0. The molecule has 2 fully saturated rings. The second-order valence-electron chi connectivity index (χ2n) is 7.87. The van der Waals surface area contributed by atoms with Crippen LogP contribution in [-0.2, 0) is 4.74 Å². The van der Waals surface area contributed by atoms with Gasteiger partial charge in [0.25, 0.3) is 5.56 Å². The summed E-state index contributed by atoms with van der Waals surface area (Å²) in [6, 6.07) is 3.90. The number of nitrogens with one attached hydrogen (secondary N) is 1. The lowest BCUT2D eigenvalue weighted by Gasteiger charge is -2.40. The predicted octanol–water partition coefficient (Wildman–Crippen LogP) is 2.24. The van der Waals surface area contributed by atoms with Gasteiger partial charge in [-0.05, 0) is 44.6 Å². The van der Waals surface area contributed by atoms with Gasteiger partial charge in [-0.15, -0.1) is 0 Å². The van der Waals surface area contributed by atoms with Gasteiger partial charge in [-0.25, -0.2) is 0 Å². The second kappa shape index (κ2) is 6.63. The number of piperidine rings is 1. The summed E-state index contributed by atoms with van der Waals surface area (Å²) in [5.74, 6) is 0.258. The minimum atomic E-state index is -0.599. The van der Waals surface area contributed by atoms with Crippen LogP contribution in [0, 0.1) is 17.2 Å². The van der Waals surface area contributed by atoms with Gasteiger partial charge in [-0.3, -0.25) is 9.78 Å². The van der Waals surface area contributed by atoms with Crippen molar-refractivity contribution in [3.63, 3.8) is 0 Å². The number of aliphatic hydroxyl groups excluding tert-OH is 1. The van der Waals surface area contributed by atoms with Gasteiger partial charge in [0.2, 0.25) is 0 Å². The van der Waals surface area contributed by atoms with E-state index >= 15 is 0 Å². The molecule has 2 N–H and O–H groups in total. The Labute approximate surface area is 157 Å². The lowest BCUT2D eigenvalue weighted by Crippen LogP contribution is -2.44. The number of methoxy groups -OCH3 is 1. The van der Waals surface area contributed by atoms with Crippen LogP contribution in [0.1, 0.15) is 50.0 Å². The van der Waals surface area contributed by atoms with E-state index in [0.29, 0.717) is 30.0 Å². The molecule has 0 amide bonds. The zero-order valence-corrected chi connectivity index (χ0v) is 15.7. The average Bonchev–Trinajstić information content (AvgIpc) is 3.52. The Morgan fingerprint density at radius 2 is 2.15 bits per heavy atom. The van der Waals surface area contributed by atoms with Crippen molar-refractivity contribution in [2.24, 2.45) is 5.92 Å². The van der Waals surface area contributed by atoms with Crippen LogP contribution in [0.5, 0.6) is 0 Å². The molecule has 1 atom stereocenters. The molecule has 4 rings (SSSR count). The van der Waals surface area contributed by atoms with Gasteiger partial charge < -0.3 is 19.7 Å². The van der Waals surface area contributed by atoms with Crippen molar-refractivity contribution in [3.05, 3.63) is 33.9 Å². The normalized spacial score (nSPS) is 20.4. The average molecular weight is 368 g/mol. The molecule has 0 bridgehead atoms. The number of aromatic nitrogens is 2. The molecule has 2 aromatic heterocycles. The number of aliphatic hydroxyl groups is 1. The molecular formula is C20H24N4O3. The number of aromatic amines is 1. The molecule has 1 aliphatic carbocycles. The highest BCUT2D eigenvalue weighted by Crippen LogP contribution is 2.41. The van der Waals surface area contributed by atoms with Crippen molar-refractivity contribution < 1.29 is 9.84 Å². The van der Waals surface area contributed by atoms with Gasteiger partial charge in [-0.1, -0.05) is 0 Å². The highest BCUT2D eigenvalue weighted by molar-refractivity contribution is 5.94. The number of hydrogen-bond donors (Lipinski definition) is 2. The third-order valence-electron chi connectivity index (χ3n) is 6.01. The molecule has 7 heteroatoms. The largest absolute Gasteiger partial charge is 0.387 e. The van der Waals surface area contributed by atoms with E-state index in [4.69, 9.17) is 4.74 Å². The molecule has 0 radical (unpaired) electrons. The fourth-order valence-electron chi connectivity index (χ4n) is 3.85. The first-order valence-corrected chi connectivity index (χ1v) is 9.40. The Morgan fingerprint density at radius 3 is 2.74 bits per heavy atom. The van der Waals surface area contributed by atoms with Crippen molar-refractivity contribution in [1.82, 2.24) is 9.97 Å². The Morgan fingerprint density at radius 1 is 1.44 bits per heavy atom. The Kier molecular flexibility index (Phi) is 4.41. The first-order chi connectivity index (χ1) is 13.0. The van der Waals surface area contributed by atoms with Gasteiger partial charge in [0, 0.05) is 25.6 Å². The highest BCUT2D eigenvalue weighted by Gasteiger charge is 2.34. The Bertz CT molecular complexity index is 966. The molecule has 2 aromatic rings. The molecule has 1 unspecified atom stereocenters. The van der Waals surface area contributed by atoms with Crippen molar-refractivity contribution >= 4 is 16.6 Å². The number of nitriles is 1. The van der Waals surface area contributed by atoms with Crippen LogP contribution in [0.2, 0.25) is 0 Å². The monoisotopic (exact) mass is 368 g/mol. The first-order valence-electron chi connectivity index (χ1n) is 9.40. The molecule has 2 aliphatic rings. The zero-order chi connectivity index (χ0) is 19.2. The van der Waals surface area contributed by atoms with E-state index in [2.05, 4.69) is 27.9 Å². The van der Waals surface area contributed by atoms with Crippen LogP contribution in [0.3, 0.4) is 0 Å². The molecule has 1 aliphatic heterocycles. The summed E-state index contributed by atoms with van der Waals surface area (Å²) in [6.45, 7) is 3.47. The van der Waals surface area contributed by atoms with Crippen molar-refractivity contribution in [3.8, 4) is 6.07 Å². The van der Waals surface area contributed by atoms with Gasteiger partial charge in [0.1, 0.15) is 11.6 Å². The van der Waals surface area contributed by atoms with Crippen LogP contribution in [-0.4, -0.2) is 40.9 Å². The quantitative estimate of drug-likeness (QED) is 0.858. The van der Waals surface area contributed by atoms with Gasteiger partial charge >= 0.3 is 0 Å². The van der Waals surface area contributed by atoms with Gasteiger partial charge in [0.15, 0.2) is 0 Å². The number of hydrogen-bond acceptors (Lipinski definition) is 6. The van der Waals surface area contributed by atoms with Crippen LogP contribution in [0.25, 0.3) is 10.9 Å². The lowest BCUT2D eigenvalue weighted by atomic mass is 9.92. The molecule has 3 heterocycles. The highest BCUT2D eigenvalue weighted by atomic mass is 16.5. The standard InChI is InChI=1S/C20H24N4O3/c1-20(27-2)5-7-24(8-6-20)17-13-9-15(18(25)12-3-4-12)22-11-16(13)23-19(26)14(17)10-21/h9,11-12,18,25H,3-8H2,1-2H3,(H,23,26). The third-order valence-corrected chi connectivity index (χ3v) is 6.01. The number of rotatable bonds is 4. The number of H-pyrrole nitrogens is 1. The smallest absolute Gasteiger partial charge is 0.268 e. The molecule has 27 heavy (non-hydrogen) atoms. The van der Waals surface area contributed by atoms with Gasteiger partial charge in [-0.2, -0.15) is 5.26 Å². The first kappa shape index (κ1) is 18.0. The Hall–Kier alpha value is -2.43. The van der Waals surface area contributed by atoms with Crippen LogP contribution in [0.15, 0.2) is 17.1 Å². The molecule has 1 saturated carbocycles. The fraction of sp³-hybridized carbons (Fsp3) is 0.550. The summed E-state index contributed by atoms with van der Waals surface area (Å²) in [5.41, 5.74) is 1.34. The second-order valence-corrected chi connectivity index (χ2v) is 7.87. The minimum Gasteiger partial charge on any atom is -0.387 e. The van der Waals surface area contributed by atoms with E-state index in [1.165, 1.54) is 0 Å². The fourth-order valence-corrected chi connectivity index (χ4v) is 3.85. The van der Waals surface area contributed by atoms with E-state index < -0.39 is 11.7 Å².